The summed E-state index contributed by atoms with van der Waals surface area (Å²) < 4.78 is 22.2. The molecule has 0 radical (unpaired) electrons. The van der Waals surface area contributed by atoms with Crippen molar-refractivity contribution in [3.8, 4) is 0 Å². The van der Waals surface area contributed by atoms with Crippen molar-refractivity contribution in [3.63, 3.8) is 0 Å². The van der Waals surface area contributed by atoms with E-state index < -0.39 is 23.8 Å². The number of esters is 1. The van der Waals surface area contributed by atoms with E-state index in [1.165, 1.54) is 6.20 Å². The minimum atomic E-state index is -0.734. The monoisotopic (exact) mass is 418 g/mol. The summed E-state index contributed by atoms with van der Waals surface area (Å²) in [6, 6.07) is 0.976. The first kappa shape index (κ1) is 20.8. The second-order valence-corrected chi connectivity index (χ2v) is 8.18. The van der Waals surface area contributed by atoms with Gasteiger partial charge in [0.25, 0.3) is 0 Å². The smallest absolute Gasteiger partial charge is 0.343 e. The first-order chi connectivity index (χ1) is 14.4. The average molecular weight is 418 g/mol. The Bertz CT molecular complexity index is 1050. The molecule has 0 unspecified atom stereocenters. The standard InChI is InChI=1S/C22H27FN2O5/c1-3-30-22(29)15-9-25(13-4-5-13)19-14(21(15)28)8-17(23)20(16(19)10-26)24-7-6-12(2)18(24)11-27/h8-9,12-13,18,26-27H,3-7,10-11H2,1-2H3/t12-,18-/m1/s1. The molecule has 8 heteroatoms. The number of hydrogen-bond donors (Lipinski definition) is 2. The molecule has 30 heavy (non-hydrogen) atoms. The van der Waals surface area contributed by atoms with Crippen LogP contribution in [-0.2, 0) is 11.3 Å². The summed E-state index contributed by atoms with van der Waals surface area (Å²) in [5, 5.41) is 20.2. The zero-order valence-electron chi connectivity index (χ0n) is 17.2. The molecule has 0 amide bonds. The molecule has 2 aliphatic rings. The van der Waals surface area contributed by atoms with Gasteiger partial charge in [0.1, 0.15) is 11.4 Å². The van der Waals surface area contributed by atoms with Gasteiger partial charge >= 0.3 is 5.97 Å². The van der Waals surface area contributed by atoms with Crippen molar-refractivity contribution in [1.82, 2.24) is 4.57 Å². The lowest BCUT2D eigenvalue weighted by molar-refractivity contribution is 0.0524. The van der Waals surface area contributed by atoms with E-state index in [1.54, 1.807) is 11.8 Å². The third-order valence-corrected chi connectivity index (χ3v) is 6.29. The maximum absolute atomic E-state index is 15.4. The van der Waals surface area contributed by atoms with Gasteiger partial charge in [-0.25, -0.2) is 9.18 Å². The Morgan fingerprint density at radius 1 is 1.30 bits per heavy atom. The van der Waals surface area contributed by atoms with Crippen LogP contribution >= 0.6 is 0 Å². The number of benzene rings is 1. The largest absolute Gasteiger partial charge is 0.462 e. The number of rotatable bonds is 6. The Labute approximate surface area is 173 Å². The third-order valence-electron chi connectivity index (χ3n) is 6.29. The Morgan fingerprint density at radius 2 is 2.03 bits per heavy atom. The Hall–Kier alpha value is -2.45. The van der Waals surface area contributed by atoms with Gasteiger partial charge in [-0.2, -0.15) is 0 Å². The summed E-state index contributed by atoms with van der Waals surface area (Å²) in [4.78, 5) is 27.2. The van der Waals surface area contributed by atoms with Gasteiger partial charge in [-0.1, -0.05) is 6.92 Å². The molecule has 1 saturated carbocycles. The van der Waals surface area contributed by atoms with Crippen molar-refractivity contribution in [2.24, 2.45) is 5.92 Å². The Kier molecular flexibility index (Phi) is 5.55. The van der Waals surface area contributed by atoms with Crippen LogP contribution in [0.5, 0.6) is 0 Å². The van der Waals surface area contributed by atoms with E-state index in [1.807, 2.05) is 11.5 Å². The summed E-state index contributed by atoms with van der Waals surface area (Å²) in [6.45, 7) is 3.76. The number of aliphatic hydroxyl groups excluding tert-OH is 2. The number of pyridine rings is 1. The zero-order valence-corrected chi connectivity index (χ0v) is 17.2. The summed E-state index contributed by atoms with van der Waals surface area (Å²) in [6.07, 6.45) is 4.03. The maximum atomic E-state index is 15.4. The Morgan fingerprint density at radius 3 is 2.63 bits per heavy atom. The molecule has 0 spiro atoms. The number of halogens is 1. The first-order valence-corrected chi connectivity index (χ1v) is 10.5. The zero-order chi connectivity index (χ0) is 21.6. The predicted molar refractivity (Wildman–Crippen MR) is 110 cm³/mol. The number of aromatic nitrogens is 1. The van der Waals surface area contributed by atoms with Crippen molar-refractivity contribution >= 4 is 22.6 Å². The fourth-order valence-electron chi connectivity index (χ4n) is 4.58. The number of anilines is 1. The molecule has 2 aromatic rings. The van der Waals surface area contributed by atoms with Crippen LogP contribution in [0.15, 0.2) is 17.1 Å². The normalized spacial score (nSPS) is 21.4. The van der Waals surface area contributed by atoms with Gasteiger partial charge in [-0.15, -0.1) is 0 Å². The maximum Gasteiger partial charge on any atom is 0.343 e. The van der Waals surface area contributed by atoms with Crippen LogP contribution in [0.1, 0.15) is 55.1 Å². The molecular formula is C22H27FN2O5. The fraction of sp³-hybridized carbons (Fsp3) is 0.545. The van der Waals surface area contributed by atoms with Crippen LogP contribution in [0.4, 0.5) is 10.1 Å². The lowest BCUT2D eigenvalue weighted by atomic mass is 10.0. The summed E-state index contributed by atoms with van der Waals surface area (Å²) in [7, 11) is 0. The molecule has 0 bridgehead atoms. The van der Waals surface area contributed by atoms with Gasteiger partial charge in [-0.05, 0) is 38.2 Å². The minimum absolute atomic E-state index is 0.0607. The van der Waals surface area contributed by atoms with E-state index in [9.17, 15) is 19.8 Å². The van der Waals surface area contributed by atoms with Crippen molar-refractivity contribution in [2.45, 2.75) is 51.8 Å². The van der Waals surface area contributed by atoms with Crippen LogP contribution in [-0.4, -0.2) is 46.5 Å². The fourth-order valence-corrected chi connectivity index (χ4v) is 4.58. The van der Waals surface area contributed by atoms with Crippen molar-refractivity contribution in [2.75, 3.05) is 24.7 Å². The topological polar surface area (TPSA) is 92.0 Å². The number of carbonyl (C=O) groups excluding carboxylic acids is 1. The average Bonchev–Trinajstić information content (AvgIpc) is 3.50. The predicted octanol–water partition coefficient (Wildman–Crippen LogP) is 2.35. The number of ether oxygens (including phenoxy) is 1. The van der Waals surface area contributed by atoms with Crippen LogP contribution in [0.25, 0.3) is 10.9 Å². The van der Waals surface area contributed by atoms with Gasteiger partial charge in [0.15, 0.2) is 0 Å². The van der Waals surface area contributed by atoms with Gasteiger partial charge in [0, 0.05) is 29.7 Å². The van der Waals surface area contributed by atoms with Gasteiger partial charge in [-0.3, -0.25) is 4.79 Å². The lowest BCUT2D eigenvalue weighted by Gasteiger charge is -2.30. The molecule has 2 fully saturated rings. The SMILES string of the molecule is CCOC(=O)c1cn(C2CC2)c2c(CO)c(N3CC[C@@H](C)[C@H]3CO)c(F)cc2c1=O. The minimum Gasteiger partial charge on any atom is -0.462 e. The number of aliphatic hydroxyl groups is 2. The molecule has 1 saturated heterocycles. The molecule has 4 rings (SSSR count). The van der Waals surface area contributed by atoms with E-state index in [4.69, 9.17) is 4.74 Å². The van der Waals surface area contributed by atoms with E-state index in [0.29, 0.717) is 17.6 Å². The first-order valence-electron chi connectivity index (χ1n) is 10.5. The van der Waals surface area contributed by atoms with Crippen molar-refractivity contribution in [3.05, 3.63) is 39.4 Å². The van der Waals surface area contributed by atoms with Crippen LogP contribution < -0.4 is 10.3 Å². The molecule has 1 aromatic heterocycles. The Balaban J connectivity index is 2.00. The highest BCUT2D eigenvalue weighted by Gasteiger charge is 2.36. The van der Waals surface area contributed by atoms with Crippen LogP contribution in [0, 0.1) is 11.7 Å². The highest BCUT2D eigenvalue weighted by molar-refractivity contribution is 5.96. The number of hydrogen-bond acceptors (Lipinski definition) is 6. The van der Waals surface area contributed by atoms with Gasteiger partial charge < -0.3 is 24.4 Å². The van der Waals surface area contributed by atoms with Crippen molar-refractivity contribution < 1.29 is 24.1 Å². The molecular weight excluding hydrogens is 391 g/mol. The second kappa shape index (κ2) is 8.00. The number of nitrogens with zero attached hydrogens (tertiary/aromatic N) is 2. The molecule has 1 aliphatic carbocycles. The highest BCUT2D eigenvalue weighted by atomic mass is 19.1. The summed E-state index contributed by atoms with van der Waals surface area (Å²) in [5.41, 5.74) is 0.262. The number of carbonyl (C=O) groups is 1. The molecule has 2 atom stereocenters. The molecule has 2 N–H and O–H groups in total. The van der Waals surface area contributed by atoms with Gasteiger partial charge in [0.2, 0.25) is 5.43 Å². The van der Waals surface area contributed by atoms with E-state index in [0.717, 1.165) is 25.3 Å². The van der Waals surface area contributed by atoms with Crippen molar-refractivity contribution in [1.29, 1.82) is 0 Å². The highest BCUT2D eigenvalue weighted by Crippen LogP contribution is 2.42. The molecule has 7 nitrogen and oxygen atoms in total. The van der Waals surface area contributed by atoms with Crippen LogP contribution in [0.3, 0.4) is 0 Å². The van der Waals surface area contributed by atoms with E-state index >= 15 is 4.39 Å². The molecule has 162 valence electrons. The molecule has 2 heterocycles. The third kappa shape index (κ3) is 3.28. The number of fused-ring (bicyclic) bond motifs is 1. The van der Waals surface area contributed by atoms with Gasteiger partial charge in [0.05, 0.1) is 37.1 Å². The quantitative estimate of drug-likeness (QED) is 0.700. The molecule has 1 aliphatic heterocycles. The summed E-state index contributed by atoms with van der Waals surface area (Å²) >= 11 is 0. The summed E-state index contributed by atoms with van der Waals surface area (Å²) in [5.74, 6) is -1.20. The lowest BCUT2D eigenvalue weighted by Crippen LogP contribution is -2.36. The molecule has 1 aromatic carbocycles. The van der Waals surface area contributed by atoms with Crippen LogP contribution in [0.2, 0.25) is 0 Å². The second-order valence-electron chi connectivity index (χ2n) is 8.18. The van der Waals surface area contributed by atoms with E-state index in [2.05, 4.69) is 0 Å². The van der Waals surface area contributed by atoms with E-state index in [-0.39, 0.29) is 47.9 Å².